The summed E-state index contributed by atoms with van der Waals surface area (Å²) in [6.45, 7) is 8.35. The average molecular weight is 289 g/mol. The average Bonchev–Trinajstić information content (AvgIpc) is 2.67. The van der Waals surface area contributed by atoms with E-state index in [1.54, 1.807) is 26.5 Å². The van der Waals surface area contributed by atoms with E-state index < -0.39 is 18.1 Å². The largest absolute Gasteiger partial charge is 0.353 e. The number of aromatic nitrogens is 2. The van der Waals surface area contributed by atoms with Crippen LogP contribution in [0.15, 0.2) is 12.4 Å². The quantitative estimate of drug-likeness (QED) is 0.839. The molecule has 1 heterocycles. The molecule has 0 spiro atoms. The Morgan fingerprint density at radius 3 is 2.28 bits per heavy atom. The van der Waals surface area contributed by atoms with Gasteiger partial charge in [0.2, 0.25) is 10.0 Å². The van der Waals surface area contributed by atoms with Gasteiger partial charge in [0.25, 0.3) is 0 Å². The summed E-state index contributed by atoms with van der Waals surface area (Å²) in [4.78, 5) is 7.43. The first-order valence-electron chi connectivity index (χ1n) is 5.91. The monoisotopic (exact) mass is 289 g/mol. The van der Waals surface area contributed by atoms with E-state index >= 15 is 0 Å². The Labute approximate surface area is 111 Å². The van der Waals surface area contributed by atoms with Gasteiger partial charge < -0.3 is 4.98 Å². The predicted octanol–water partition coefficient (Wildman–Crippen LogP) is 0.926. The van der Waals surface area contributed by atoms with Gasteiger partial charge in [0.1, 0.15) is 0 Å². The van der Waals surface area contributed by atoms with Gasteiger partial charge in [-0.15, -0.1) is 0 Å². The van der Waals surface area contributed by atoms with Crippen LogP contribution in [0.4, 0.5) is 0 Å². The van der Waals surface area contributed by atoms with Crippen LogP contribution >= 0.6 is 0 Å². The fraction of sp³-hybridized carbons (Fsp3) is 0.727. The van der Waals surface area contributed by atoms with Gasteiger partial charge in [0.15, 0.2) is 8.07 Å². The second kappa shape index (κ2) is 4.79. The maximum atomic E-state index is 12.2. The maximum absolute atomic E-state index is 12.2. The minimum atomic E-state index is -3.23. The molecule has 1 aromatic heterocycles. The van der Waals surface area contributed by atoms with Crippen LogP contribution < -0.4 is 5.45 Å². The van der Waals surface area contributed by atoms with E-state index in [9.17, 15) is 8.42 Å². The molecule has 0 saturated heterocycles. The number of H-pyrrole nitrogens is 1. The van der Waals surface area contributed by atoms with E-state index in [1.807, 2.05) is 0 Å². The van der Waals surface area contributed by atoms with Gasteiger partial charge in [-0.1, -0.05) is 27.3 Å². The van der Waals surface area contributed by atoms with Gasteiger partial charge >= 0.3 is 0 Å². The molecule has 1 rings (SSSR count). The van der Waals surface area contributed by atoms with E-state index in [1.165, 1.54) is 4.31 Å². The number of nitrogens with one attached hydrogen (secondary N) is 1. The van der Waals surface area contributed by atoms with Crippen molar-refractivity contribution in [2.24, 2.45) is 0 Å². The van der Waals surface area contributed by atoms with Crippen LogP contribution in [0.25, 0.3) is 0 Å². The predicted molar refractivity (Wildman–Crippen MR) is 77.0 cm³/mol. The highest BCUT2D eigenvalue weighted by atomic mass is 32.2. The molecule has 0 radical (unpaired) electrons. The van der Waals surface area contributed by atoms with E-state index in [4.69, 9.17) is 0 Å². The highest BCUT2D eigenvalue weighted by molar-refractivity contribution is 7.91. The molecule has 1 unspecified atom stereocenters. The van der Waals surface area contributed by atoms with E-state index in [2.05, 4.69) is 37.3 Å². The smallest absolute Gasteiger partial charge is 0.211 e. The van der Waals surface area contributed by atoms with Crippen molar-refractivity contribution < 1.29 is 8.42 Å². The molecule has 0 bridgehead atoms. The van der Waals surface area contributed by atoms with Crippen molar-refractivity contribution in [3.63, 3.8) is 0 Å². The zero-order valence-corrected chi connectivity index (χ0v) is 13.8. The van der Waals surface area contributed by atoms with Crippen molar-refractivity contribution in [3.05, 3.63) is 12.4 Å². The van der Waals surface area contributed by atoms with Gasteiger partial charge in [-0.3, -0.25) is 0 Å². The molecule has 7 heteroatoms. The summed E-state index contributed by atoms with van der Waals surface area (Å²) in [6.07, 6.45) is 3.45. The maximum Gasteiger partial charge on any atom is 0.211 e. The molecule has 0 aromatic carbocycles. The molecule has 0 aliphatic carbocycles. The summed E-state index contributed by atoms with van der Waals surface area (Å²) >= 11 is 0. The topological polar surface area (TPSA) is 66.1 Å². The Bertz CT molecular complexity index is 491. The Morgan fingerprint density at radius 2 is 1.94 bits per heavy atom. The number of nitrogens with zero attached hydrogens (tertiary/aromatic N) is 2. The standard InChI is InChI=1S/C11H23N3O2SSi/c1-11(2,3)18(6,10-12-7-8-13-10)9-17(15,16)14(4)5/h7-8H,9H2,1-6H3,(H,12,13). The van der Waals surface area contributed by atoms with Gasteiger partial charge in [-0.05, 0) is 5.04 Å². The Morgan fingerprint density at radius 1 is 1.39 bits per heavy atom. The third-order valence-electron chi connectivity index (χ3n) is 3.70. The van der Waals surface area contributed by atoms with Crippen LogP contribution in [0.3, 0.4) is 0 Å². The number of rotatable bonds is 4. The van der Waals surface area contributed by atoms with Crippen LogP contribution in [-0.2, 0) is 10.0 Å². The molecule has 0 saturated carbocycles. The van der Waals surface area contributed by atoms with Gasteiger partial charge in [-0.2, -0.15) is 0 Å². The van der Waals surface area contributed by atoms with Crippen LogP contribution in [0.2, 0.25) is 11.6 Å². The Hall–Kier alpha value is -0.663. The fourth-order valence-electron chi connectivity index (χ4n) is 1.70. The highest BCUT2D eigenvalue weighted by Gasteiger charge is 2.47. The van der Waals surface area contributed by atoms with Gasteiger partial charge in [0.05, 0.1) is 10.8 Å². The zero-order chi connectivity index (χ0) is 14.2. The van der Waals surface area contributed by atoms with Crippen LogP contribution in [0.1, 0.15) is 20.8 Å². The second-order valence-corrected chi connectivity index (χ2v) is 13.7. The Kier molecular flexibility index (Phi) is 4.09. The molecule has 1 atom stereocenters. The highest BCUT2D eigenvalue weighted by Crippen LogP contribution is 2.36. The number of sulfonamides is 1. The first-order valence-corrected chi connectivity index (χ1v) is 10.2. The third-order valence-corrected chi connectivity index (χ3v) is 13.2. The molecule has 18 heavy (non-hydrogen) atoms. The molecule has 1 N–H and O–H groups in total. The lowest BCUT2D eigenvalue weighted by Crippen LogP contribution is -2.60. The lowest BCUT2D eigenvalue weighted by Gasteiger charge is -2.38. The van der Waals surface area contributed by atoms with Crippen LogP contribution in [-0.4, -0.2) is 50.2 Å². The summed E-state index contributed by atoms with van der Waals surface area (Å²) in [5.41, 5.74) is 0.848. The summed E-state index contributed by atoms with van der Waals surface area (Å²) < 4.78 is 25.7. The second-order valence-electron chi connectivity index (χ2n) is 6.06. The van der Waals surface area contributed by atoms with Crippen molar-refractivity contribution in [3.8, 4) is 0 Å². The normalized spacial score (nSPS) is 16.8. The van der Waals surface area contributed by atoms with Crippen molar-refractivity contribution in [2.75, 3.05) is 19.5 Å². The van der Waals surface area contributed by atoms with Crippen molar-refractivity contribution in [2.45, 2.75) is 32.4 Å². The lowest BCUT2D eigenvalue weighted by molar-refractivity contribution is 0.524. The van der Waals surface area contributed by atoms with Crippen molar-refractivity contribution >= 4 is 23.5 Å². The Balaban J connectivity index is 3.26. The summed E-state index contributed by atoms with van der Waals surface area (Å²) in [5.74, 6) is 0. The molecule has 0 fully saturated rings. The molecular weight excluding hydrogens is 266 g/mol. The summed E-state index contributed by atoms with van der Waals surface area (Å²) in [5, 5.41) is 0.0813. The number of hydrogen-bond donors (Lipinski definition) is 1. The molecule has 0 aliphatic rings. The lowest BCUT2D eigenvalue weighted by atomic mass is 10.2. The van der Waals surface area contributed by atoms with Gasteiger partial charge in [0, 0.05) is 26.5 Å². The van der Waals surface area contributed by atoms with Crippen molar-refractivity contribution in [1.29, 1.82) is 0 Å². The summed E-state index contributed by atoms with van der Waals surface area (Å²) in [6, 6.07) is 0. The van der Waals surface area contributed by atoms with Crippen LogP contribution in [0.5, 0.6) is 0 Å². The number of imidazole rings is 1. The van der Waals surface area contributed by atoms with Crippen molar-refractivity contribution in [1.82, 2.24) is 14.3 Å². The molecule has 5 nitrogen and oxygen atoms in total. The molecule has 0 amide bonds. The van der Waals surface area contributed by atoms with E-state index in [0.717, 1.165) is 5.45 Å². The SMILES string of the molecule is CN(C)S(=O)(=O)C[Si](C)(c1ncc[nH]1)C(C)(C)C. The molecule has 0 aliphatic heterocycles. The first kappa shape index (κ1) is 15.4. The minimum absolute atomic E-state index is 0.0894. The first-order chi connectivity index (χ1) is 8.01. The minimum Gasteiger partial charge on any atom is -0.353 e. The van der Waals surface area contributed by atoms with Gasteiger partial charge in [-0.25, -0.2) is 17.7 Å². The number of hydrogen-bond acceptors (Lipinski definition) is 3. The molecule has 104 valence electrons. The third kappa shape index (κ3) is 2.84. The number of aromatic amines is 1. The molecular formula is C11H23N3O2SSi. The fourth-order valence-corrected chi connectivity index (χ4v) is 9.40. The zero-order valence-electron chi connectivity index (χ0n) is 12.0. The molecule has 1 aromatic rings. The van der Waals surface area contributed by atoms with E-state index in [-0.39, 0.29) is 10.4 Å². The van der Waals surface area contributed by atoms with E-state index in [0.29, 0.717) is 0 Å². The van der Waals surface area contributed by atoms with Crippen LogP contribution in [0, 0.1) is 0 Å². The summed E-state index contributed by atoms with van der Waals surface area (Å²) in [7, 11) is -2.34.